The molecule has 0 saturated heterocycles. The van der Waals surface area contributed by atoms with Crippen LogP contribution in [0.1, 0.15) is 42.2 Å². The lowest BCUT2D eigenvalue weighted by molar-refractivity contribution is 0.169. The first-order valence-electron chi connectivity index (χ1n) is 8.93. The van der Waals surface area contributed by atoms with Crippen LogP contribution in [0.4, 0.5) is 0 Å². The summed E-state index contributed by atoms with van der Waals surface area (Å²) in [6.45, 7) is 4.74. The van der Waals surface area contributed by atoms with Crippen molar-refractivity contribution in [2.45, 2.75) is 38.9 Å². The Bertz CT molecular complexity index is 678. The zero-order valence-electron chi connectivity index (χ0n) is 15.4. The molecule has 139 valence electrons. The second-order valence-electron chi connectivity index (χ2n) is 6.22. The van der Waals surface area contributed by atoms with E-state index in [0.717, 1.165) is 17.7 Å². The predicted octanol–water partition coefficient (Wildman–Crippen LogP) is 2.75. The van der Waals surface area contributed by atoms with Gasteiger partial charge in [-0.1, -0.05) is 31.9 Å². The number of aromatic hydroxyl groups is 1. The van der Waals surface area contributed by atoms with Crippen LogP contribution in [0.2, 0.25) is 6.82 Å². The van der Waals surface area contributed by atoms with Gasteiger partial charge in [0.2, 0.25) is 0 Å². The van der Waals surface area contributed by atoms with Crippen LogP contribution in [0.15, 0.2) is 42.5 Å². The van der Waals surface area contributed by atoms with E-state index in [1.807, 2.05) is 38.4 Å². The molecule has 0 aromatic heterocycles. The molecule has 2 atom stereocenters. The van der Waals surface area contributed by atoms with Crippen LogP contribution in [-0.2, 0) is 6.61 Å². The Labute approximate surface area is 155 Å². The largest absolute Gasteiger partial charge is 0.508 e. The van der Waals surface area contributed by atoms with E-state index in [2.05, 4.69) is 12.2 Å². The van der Waals surface area contributed by atoms with E-state index in [1.165, 1.54) is 6.07 Å². The SMILES string of the molecule is C[B]COc1ccc(C(CC)NC[C@H](O)c2ccc(O)c(CO)c2)cc1. The molecule has 0 saturated carbocycles. The van der Waals surface area contributed by atoms with Crippen molar-refractivity contribution in [3.8, 4) is 11.5 Å². The minimum Gasteiger partial charge on any atom is -0.508 e. The van der Waals surface area contributed by atoms with Crippen molar-refractivity contribution in [3.63, 3.8) is 0 Å². The molecule has 0 spiro atoms. The van der Waals surface area contributed by atoms with Crippen molar-refractivity contribution in [1.29, 1.82) is 0 Å². The molecule has 0 amide bonds. The van der Waals surface area contributed by atoms with Gasteiger partial charge in [-0.15, -0.1) is 0 Å². The third-order valence-corrected chi connectivity index (χ3v) is 4.32. The fourth-order valence-electron chi connectivity index (χ4n) is 2.78. The standard InChI is InChI=1S/C20H27BNO4/c1-3-18(14-4-7-17(8-5-14)26-13-21-2)22-11-20(25)15-6-9-19(24)16(10-15)12-23/h4-10,18,20,22-25H,3,11-13H2,1-2H3/t18?,20-/m0/s1. The summed E-state index contributed by atoms with van der Waals surface area (Å²) in [6.07, 6.45) is 0.158. The lowest BCUT2D eigenvalue weighted by atomic mass is 9.85. The third-order valence-electron chi connectivity index (χ3n) is 4.32. The minimum absolute atomic E-state index is 0.0332. The summed E-state index contributed by atoms with van der Waals surface area (Å²) in [5, 5.41) is 32.7. The molecule has 0 fully saturated rings. The van der Waals surface area contributed by atoms with Crippen LogP contribution in [0, 0.1) is 0 Å². The first kappa shape index (κ1) is 20.3. The quantitative estimate of drug-likeness (QED) is 0.492. The van der Waals surface area contributed by atoms with Crippen molar-refractivity contribution < 1.29 is 20.1 Å². The lowest BCUT2D eigenvalue weighted by Crippen LogP contribution is -2.26. The highest BCUT2D eigenvalue weighted by Crippen LogP contribution is 2.24. The molecular formula is C20H27BNO4. The molecule has 1 unspecified atom stereocenters. The van der Waals surface area contributed by atoms with Gasteiger partial charge >= 0.3 is 0 Å². The van der Waals surface area contributed by atoms with Gasteiger partial charge in [0.05, 0.1) is 19.2 Å². The molecule has 2 aromatic rings. The van der Waals surface area contributed by atoms with E-state index < -0.39 is 6.10 Å². The summed E-state index contributed by atoms with van der Waals surface area (Å²) < 4.78 is 5.55. The highest BCUT2D eigenvalue weighted by molar-refractivity contribution is 6.33. The molecule has 2 rings (SSSR count). The number of aliphatic hydroxyl groups excluding tert-OH is 2. The fraction of sp³-hybridized carbons (Fsp3) is 0.400. The maximum absolute atomic E-state index is 10.4. The predicted molar refractivity (Wildman–Crippen MR) is 104 cm³/mol. The Morgan fingerprint density at radius 3 is 2.42 bits per heavy atom. The fourth-order valence-corrected chi connectivity index (χ4v) is 2.78. The number of nitrogens with one attached hydrogen (secondary N) is 1. The molecule has 1 radical (unpaired) electrons. The van der Waals surface area contributed by atoms with E-state index in [9.17, 15) is 15.3 Å². The van der Waals surface area contributed by atoms with Crippen molar-refractivity contribution >= 4 is 7.28 Å². The van der Waals surface area contributed by atoms with Gasteiger partial charge in [-0.05, 0) is 41.8 Å². The van der Waals surface area contributed by atoms with Crippen LogP contribution in [0.3, 0.4) is 0 Å². The van der Waals surface area contributed by atoms with Gasteiger partial charge < -0.3 is 25.4 Å². The first-order valence-corrected chi connectivity index (χ1v) is 8.93. The molecule has 0 aliphatic rings. The molecular weight excluding hydrogens is 329 g/mol. The highest BCUT2D eigenvalue weighted by Gasteiger charge is 2.14. The molecule has 4 N–H and O–H groups in total. The van der Waals surface area contributed by atoms with Gasteiger partial charge in [0, 0.05) is 18.2 Å². The van der Waals surface area contributed by atoms with Gasteiger partial charge in [-0.25, -0.2) is 0 Å². The Morgan fingerprint density at radius 2 is 1.81 bits per heavy atom. The van der Waals surface area contributed by atoms with E-state index in [4.69, 9.17) is 4.74 Å². The van der Waals surface area contributed by atoms with E-state index in [-0.39, 0.29) is 18.4 Å². The zero-order chi connectivity index (χ0) is 18.9. The third kappa shape index (κ3) is 5.49. The van der Waals surface area contributed by atoms with Crippen LogP contribution in [0.5, 0.6) is 11.5 Å². The van der Waals surface area contributed by atoms with Gasteiger partial charge in [0.15, 0.2) is 7.28 Å². The Hall–Kier alpha value is -2.02. The van der Waals surface area contributed by atoms with Crippen molar-refractivity contribution in [2.24, 2.45) is 0 Å². The number of hydrogen-bond donors (Lipinski definition) is 4. The maximum atomic E-state index is 10.4. The van der Waals surface area contributed by atoms with Gasteiger partial charge in [0.1, 0.15) is 11.5 Å². The van der Waals surface area contributed by atoms with Crippen molar-refractivity contribution in [2.75, 3.05) is 13.1 Å². The summed E-state index contributed by atoms with van der Waals surface area (Å²) in [5.74, 6) is 0.869. The molecule has 0 bridgehead atoms. The van der Waals surface area contributed by atoms with Crippen LogP contribution < -0.4 is 10.1 Å². The smallest absolute Gasteiger partial charge is 0.158 e. The average molecular weight is 356 g/mol. The summed E-state index contributed by atoms with van der Waals surface area (Å²) in [4.78, 5) is 0. The minimum atomic E-state index is -0.724. The number of aliphatic hydroxyl groups is 2. The summed E-state index contributed by atoms with van der Waals surface area (Å²) >= 11 is 0. The van der Waals surface area contributed by atoms with Crippen molar-refractivity contribution in [3.05, 3.63) is 59.2 Å². The molecule has 26 heavy (non-hydrogen) atoms. The normalized spacial score (nSPS) is 13.2. The lowest BCUT2D eigenvalue weighted by Gasteiger charge is -2.21. The number of rotatable bonds is 10. The van der Waals surface area contributed by atoms with Gasteiger partial charge in [-0.2, -0.15) is 0 Å². The van der Waals surface area contributed by atoms with Crippen LogP contribution in [0.25, 0.3) is 0 Å². The van der Waals surface area contributed by atoms with E-state index in [1.54, 1.807) is 12.1 Å². The Kier molecular flexibility index (Phi) is 7.97. The van der Waals surface area contributed by atoms with Gasteiger partial charge in [-0.3, -0.25) is 0 Å². The number of benzene rings is 2. The molecule has 5 nitrogen and oxygen atoms in total. The van der Waals surface area contributed by atoms with Crippen LogP contribution in [-0.4, -0.2) is 35.7 Å². The molecule has 0 aliphatic heterocycles. The van der Waals surface area contributed by atoms with E-state index >= 15 is 0 Å². The number of ether oxygens (including phenoxy) is 1. The average Bonchev–Trinajstić information content (AvgIpc) is 2.67. The Balaban J connectivity index is 1.97. The number of phenols is 1. The molecule has 2 aromatic carbocycles. The summed E-state index contributed by atoms with van der Waals surface area (Å²) in [7, 11) is 1.96. The summed E-state index contributed by atoms with van der Waals surface area (Å²) in [6, 6.07) is 12.9. The summed E-state index contributed by atoms with van der Waals surface area (Å²) in [5.41, 5.74) is 2.21. The van der Waals surface area contributed by atoms with Crippen molar-refractivity contribution in [1.82, 2.24) is 5.32 Å². The highest BCUT2D eigenvalue weighted by atomic mass is 16.5. The molecule has 0 heterocycles. The second kappa shape index (κ2) is 10.2. The monoisotopic (exact) mass is 356 g/mol. The first-order chi connectivity index (χ1) is 12.6. The van der Waals surface area contributed by atoms with Gasteiger partial charge in [0.25, 0.3) is 0 Å². The molecule has 0 aliphatic carbocycles. The second-order valence-corrected chi connectivity index (χ2v) is 6.22. The number of hydrogen-bond acceptors (Lipinski definition) is 5. The Morgan fingerprint density at radius 1 is 1.12 bits per heavy atom. The maximum Gasteiger partial charge on any atom is 0.158 e. The zero-order valence-corrected chi connectivity index (χ0v) is 15.4. The van der Waals surface area contributed by atoms with Crippen LogP contribution >= 0.6 is 0 Å². The van der Waals surface area contributed by atoms with E-state index in [0.29, 0.717) is 24.2 Å². The molecule has 6 heteroatoms. The topological polar surface area (TPSA) is 82.0 Å².